The first kappa shape index (κ1) is 18.4. The van der Waals surface area contributed by atoms with Gasteiger partial charge in [-0.15, -0.1) is 0 Å². The number of likely N-dealkylation sites (tertiary alicyclic amines) is 1. The van der Waals surface area contributed by atoms with E-state index in [0.29, 0.717) is 25.4 Å². The number of hydrogen-bond acceptors (Lipinski definition) is 5. The highest BCUT2D eigenvalue weighted by molar-refractivity contribution is 7.91. The third-order valence-electron chi connectivity index (χ3n) is 4.33. The quantitative estimate of drug-likeness (QED) is 0.775. The van der Waals surface area contributed by atoms with E-state index >= 15 is 0 Å². The number of rotatable bonds is 6. The molecule has 1 fully saturated rings. The van der Waals surface area contributed by atoms with Gasteiger partial charge in [0, 0.05) is 31.1 Å². The molecule has 138 valence electrons. The largest absolute Gasteiger partial charge is 0.472 e. The fourth-order valence-electron chi connectivity index (χ4n) is 2.93. The normalized spacial score (nSPS) is 17.3. The molecule has 3 rings (SSSR count). The Balaban J connectivity index is 1.52. The third kappa shape index (κ3) is 4.60. The zero-order valence-electron chi connectivity index (χ0n) is 14.7. The molecule has 0 spiro atoms. The van der Waals surface area contributed by atoms with Crippen molar-refractivity contribution in [1.82, 2.24) is 9.88 Å². The van der Waals surface area contributed by atoms with E-state index in [1.807, 2.05) is 19.1 Å². The molecule has 1 aromatic carbocycles. The summed E-state index contributed by atoms with van der Waals surface area (Å²) in [6, 6.07) is 13.8. The lowest BCUT2D eigenvalue weighted by Crippen LogP contribution is -2.32. The average Bonchev–Trinajstić information content (AvgIpc) is 3.09. The smallest absolute Gasteiger partial charge is 0.223 e. The second kappa shape index (κ2) is 7.86. The summed E-state index contributed by atoms with van der Waals surface area (Å²) < 4.78 is 30.4. The number of carbonyl (C=O) groups excluding carboxylic acids is 1. The minimum Gasteiger partial charge on any atom is -0.472 e. The molecule has 0 bridgehead atoms. The molecule has 1 amide bonds. The zero-order valence-corrected chi connectivity index (χ0v) is 15.5. The van der Waals surface area contributed by atoms with Crippen molar-refractivity contribution in [3.8, 4) is 5.88 Å². The number of benzene rings is 1. The van der Waals surface area contributed by atoms with Crippen molar-refractivity contribution in [3.63, 3.8) is 0 Å². The fraction of sp³-hybridized carbons (Fsp3) is 0.368. The molecule has 0 saturated carbocycles. The summed E-state index contributed by atoms with van der Waals surface area (Å²) in [5.74, 6) is 0.209. The Morgan fingerprint density at radius 2 is 1.96 bits per heavy atom. The van der Waals surface area contributed by atoms with Gasteiger partial charge in [0.1, 0.15) is 6.10 Å². The zero-order chi connectivity index (χ0) is 18.6. The minimum absolute atomic E-state index is 0.0212. The second-order valence-corrected chi connectivity index (χ2v) is 8.48. The van der Waals surface area contributed by atoms with E-state index in [1.54, 1.807) is 41.3 Å². The van der Waals surface area contributed by atoms with E-state index in [4.69, 9.17) is 4.74 Å². The number of pyridine rings is 1. The molecule has 2 aromatic rings. The maximum absolute atomic E-state index is 12.4. The lowest BCUT2D eigenvalue weighted by Gasteiger charge is -2.17. The van der Waals surface area contributed by atoms with Crippen molar-refractivity contribution < 1.29 is 17.9 Å². The molecule has 1 atom stereocenters. The van der Waals surface area contributed by atoms with Crippen LogP contribution in [0.25, 0.3) is 0 Å². The van der Waals surface area contributed by atoms with Crippen molar-refractivity contribution in [2.24, 2.45) is 0 Å². The SMILES string of the molecule is Cc1cccc(OC2CCN(C(=O)CCS(=O)(=O)c3ccccc3)C2)n1. The first-order chi connectivity index (χ1) is 12.4. The standard InChI is InChI=1S/C19H22N2O4S/c1-15-6-5-9-18(20-15)25-16-10-12-21(14-16)19(22)11-13-26(23,24)17-7-3-2-4-8-17/h2-9,16H,10-14H2,1H3. The summed E-state index contributed by atoms with van der Waals surface area (Å²) in [5.41, 5.74) is 0.875. The van der Waals surface area contributed by atoms with Gasteiger partial charge in [-0.3, -0.25) is 4.79 Å². The summed E-state index contributed by atoms with van der Waals surface area (Å²) in [6.45, 7) is 2.92. The van der Waals surface area contributed by atoms with Gasteiger partial charge in [0.25, 0.3) is 0 Å². The fourth-order valence-corrected chi connectivity index (χ4v) is 4.18. The van der Waals surface area contributed by atoms with E-state index in [0.717, 1.165) is 5.69 Å². The molecule has 1 unspecified atom stereocenters. The molecule has 0 N–H and O–H groups in total. The number of nitrogens with zero attached hydrogens (tertiary/aromatic N) is 2. The van der Waals surface area contributed by atoms with Crippen molar-refractivity contribution in [2.45, 2.75) is 30.8 Å². The minimum atomic E-state index is -3.44. The Morgan fingerprint density at radius 3 is 2.69 bits per heavy atom. The number of hydrogen-bond donors (Lipinski definition) is 0. The van der Waals surface area contributed by atoms with Gasteiger partial charge >= 0.3 is 0 Å². The van der Waals surface area contributed by atoms with Gasteiger partial charge in [-0.05, 0) is 25.1 Å². The molecule has 2 heterocycles. The lowest BCUT2D eigenvalue weighted by atomic mass is 10.3. The van der Waals surface area contributed by atoms with Crippen LogP contribution in [-0.2, 0) is 14.6 Å². The van der Waals surface area contributed by atoms with Crippen LogP contribution in [0.15, 0.2) is 53.4 Å². The number of amides is 1. The van der Waals surface area contributed by atoms with Crippen LogP contribution in [0, 0.1) is 6.92 Å². The summed E-state index contributed by atoms with van der Waals surface area (Å²) in [5, 5.41) is 0. The Labute approximate surface area is 153 Å². The van der Waals surface area contributed by atoms with Gasteiger partial charge in [0.15, 0.2) is 9.84 Å². The van der Waals surface area contributed by atoms with E-state index in [1.165, 1.54) is 0 Å². The van der Waals surface area contributed by atoms with Crippen LogP contribution < -0.4 is 4.74 Å². The average molecular weight is 374 g/mol. The van der Waals surface area contributed by atoms with E-state index in [2.05, 4.69) is 4.98 Å². The Kier molecular flexibility index (Phi) is 5.56. The molecule has 7 heteroatoms. The summed E-state index contributed by atoms with van der Waals surface area (Å²) in [6.07, 6.45) is 0.582. The Hall–Kier alpha value is -2.41. The molecule has 6 nitrogen and oxygen atoms in total. The molecule has 1 saturated heterocycles. The molecule has 26 heavy (non-hydrogen) atoms. The van der Waals surface area contributed by atoms with Crippen LogP contribution in [0.4, 0.5) is 0 Å². The molecule has 1 aliphatic rings. The third-order valence-corrected chi connectivity index (χ3v) is 6.07. The van der Waals surface area contributed by atoms with Crippen molar-refractivity contribution in [1.29, 1.82) is 0 Å². The summed E-state index contributed by atoms with van der Waals surface area (Å²) in [7, 11) is -3.44. The highest BCUT2D eigenvalue weighted by Gasteiger charge is 2.28. The number of aryl methyl sites for hydroxylation is 1. The maximum atomic E-state index is 12.4. The number of aromatic nitrogens is 1. The van der Waals surface area contributed by atoms with E-state index in [-0.39, 0.29) is 29.1 Å². The first-order valence-electron chi connectivity index (χ1n) is 8.60. The van der Waals surface area contributed by atoms with Gasteiger partial charge in [-0.25, -0.2) is 13.4 Å². The summed E-state index contributed by atoms with van der Waals surface area (Å²) >= 11 is 0. The van der Waals surface area contributed by atoms with Crippen molar-refractivity contribution in [3.05, 3.63) is 54.2 Å². The van der Waals surface area contributed by atoms with E-state index < -0.39 is 9.84 Å². The van der Waals surface area contributed by atoms with Gasteiger partial charge in [0.2, 0.25) is 11.8 Å². The molecular weight excluding hydrogens is 352 g/mol. The van der Waals surface area contributed by atoms with Crippen LogP contribution in [0.3, 0.4) is 0 Å². The number of carbonyl (C=O) groups is 1. The van der Waals surface area contributed by atoms with Crippen LogP contribution in [0.1, 0.15) is 18.5 Å². The van der Waals surface area contributed by atoms with Crippen molar-refractivity contribution >= 4 is 15.7 Å². The molecular formula is C19H22N2O4S. The Morgan fingerprint density at radius 1 is 1.19 bits per heavy atom. The van der Waals surface area contributed by atoms with E-state index in [9.17, 15) is 13.2 Å². The van der Waals surface area contributed by atoms with Gasteiger partial charge in [-0.1, -0.05) is 24.3 Å². The molecule has 1 aromatic heterocycles. The predicted octanol–water partition coefficient (Wildman–Crippen LogP) is 2.23. The van der Waals surface area contributed by atoms with Gasteiger partial charge in [-0.2, -0.15) is 0 Å². The number of sulfone groups is 1. The maximum Gasteiger partial charge on any atom is 0.223 e. The molecule has 1 aliphatic heterocycles. The van der Waals surface area contributed by atoms with Crippen LogP contribution >= 0.6 is 0 Å². The van der Waals surface area contributed by atoms with Crippen LogP contribution in [-0.4, -0.2) is 49.2 Å². The number of ether oxygens (including phenoxy) is 1. The predicted molar refractivity (Wildman–Crippen MR) is 97.7 cm³/mol. The van der Waals surface area contributed by atoms with Gasteiger partial charge in [0.05, 0.1) is 17.2 Å². The van der Waals surface area contributed by atoms with Crippen molar-refractivity contribution in [2.75, 3.05) is 18.8 Å². The first-order valence-corrected chi connectivity index (χ1v) is 10.3. The van der Waals surface area contributed by atoms with Gasteiger partial charge < -0.3 is 9.64 Å². The highest BCUT2D eigenvalue weighted by Crippen LogP contribution is 2.18. The second-order valence-electron chi connectivity index (χ2n) is 6.37. The molecule has 0 aliphatic carbocycles. The topological polar surface area (TPSA) is 76.6 Å². The molecule has 0 radical (unpaired) electrons. The Bertz CT molecular complexity index is 868. The lowest BCUT2D eigenvalue weighted by molar-refractivity contribution is -0.130. The van der Waals surface area contributed by atoms with Crippen LogP contribution in [0.5, 0.6) is 5.88 Å². The monoisotopic (exact) mass is 374 g/mol. The van der Waals surface area contributed by atoms with Crippen LogP contribution in [0.2, 0.25) is 0 Å². The highest BCUT2D eigenvalue weighted by atomic mass is 32.2. The summed E-state index contributed by atoms with van der Waals surface area (Å²) in [4.78, 5) is 18.6.